The molecule has 132 valence electrons. The second kappa shape index (κ2) is 7.10. The van der Waals surface area contributed by atoms with Gasteiger partial charge in [0, 0.05) is 10.6 Å². The molecule has 1 spiro atoms. The van der Waals surface area contributed by atoms with Crippen LogP contribution in [0.1, 0.15) is 35.7 Å². The predicted molar refractivity (Wildman–Crippen MR) is 106 cm³/mol. The van der Waals surface area contributed by atoms with Crippen LogP contribution in [0, 0.1) is 0 Å². The molecule has 2 heterocycles. The van der Waals surface area contributed by atoms with E-state index in [0.717, 1.165) is 43.8 Å². The fraction of sp³-hybridized carbons (Fsp3) is 0.350. The van der Waals surface area contributed by atoms with Crippen LogP contribution in [0.5, 0.6) is 11.5 Å². The molecule has 2 aromatic rings. The van der Waals surface area contributed by atoms with E-state index in [9.17, 15) is 4.79 Å². The molecule has 0 saturated carbocycles. The van der Waals surface area contributed by atoms with E-state index in [4.69, 9.17) is 16.3 Å². The number of carbonyl (C=O) groups is 1. The van der Waals surface area contributed by atoms with Gasteiger partial charge in [-0.1, -0.05) is 36.7 Å². The smallest absolute Gasteiger partial charge is 0.177 e. The van der Waals surface area contributed by atoms with Crippen molar-refractivity contribution >= 4 is 34.4 Å². The van der Waals surface area contributed by atoms with E-state index in [1.807, 2.05) is 24.3 Å². The number of ketones is 1. The van der Waals surface area contributed by atoms with Crippen LogP contribution in [-0.2, 0) is 5.41 Å². The third kappa shape index (κ3) is 3.01. The van der Waals surface area contributed by atoms with Crippen molar-refractivity contribution in [2.45, 2.75) is 25.2 Å². The molecule has 1 saturated heterocycles. The number of carbonyl (C=O) groups excluding carboxylic acids is 1. The number of rotatable bonds is 1. The molecule has 0 bridgehead atoms. The monoisotopic (exact) mass is 421 g/mol. The largest absolute Gasteiger partial charge is 0.456 e. The minimum absolute atomic E-state index is 0. The van der Waals surface area contributed by atoms with Gasteiger partial charge in [-0.2, -0.15) is 0 Å². The van der Waals surface area contributed by atoms with E-state index in [2.05, 4.69) is 11.8 Å². The molecule has 0 atom stereocenters. The number of hydrogen-bond acceptors (Lipinski definition) is 3. The van der Waals surface area contributed by atoms with Crippen molar-refractivity contribution < 1.29 is 9.53 Å². The van der Waals surface area contributed by atoms with Crippen LogP contribution in [0.15, 0.2) is 42.5 Å². The van der Waals surface area contributed by atoms with Crippen LogP contribution in [-0.4, -0.2) is 30.3 Å². The van der Waals surface area contributed by atoms with Gasteiger partial charge in [0.2, 0.25) is 0 Å². The zero-order chi connectivity index (χ0) is 16.7. The molecule has 0 aliphatic carbocycles. The van der Waals surface area contributed by atoms with Gasteiger partial charge in [-0.25, -0.2) is 0 Å². The van der Waals surface area contributed by atoms with E-state index in [1.165, 1.54) is 0 Å². The zero-order valence-corrected chi connectivity index (χ0v) is 16.6. The molecule has 2 aliphatic rings. The average Bonchev–Trinajstić information content (AvgIpc) is 2.71. The molecule has 0 unspecified atom stereocenters. The Hall–Kier alpha value is -1.36. The molecular weight excluding hydrogens is 402 g/mol. The third-order valence-electron chi connectivity index (χ3n) is 5.40. The van der Waals surface area contributed by atoms with Gasteiger partial charge in [-0.15, -0.1) is 17.0 Å². The second-order valence-corrected chi connectivity index (χ2v) is 7.02. The van der Waals surface area contributed by atoms with E-state index < -0.39 is 5.41 Å². The van der Waals surface area contributed by atoms with Crippen LogP contribution in [0.25, 0.3) is 0 Å². The van der Waals surface area contributed by atoms with Gasteiger partial charge >= 0.3 is 0 Å². The molecule has 2 aromatic carbocycles. The summed E-state index contributed by atoms with van der Waals surface area (Å²) in [5.74, 6) is 1.53. The van der Waals surface area contributed by atoms with E-state index in [1.54, 1.807) is 18.2 Å². The highest BCUT2D eigenvalue weighted by atomic mass is 79.9. The van der Waals surface area contributed by atoms with Crippen LogP contribution in [0.4, 0.5) is 0 Å². The van der Waals surface area contributed by atoms with Crippen molar-refractivity contribution in [1.82, 2.24) is 4.90 Å². The Labute approximate surface area is 163 Å². The van der Waals surface area contributed by atoms with Crippen molar-refractivity contribution in [1.29, 1.82) is 0 Å². The van der Waals surface area contributed by atoms with Crippen molar-refractivity contribution in [3.8, 4) is 11.5 Å². The van der Waals surface area contributed by atoms with Crippen LogP contribution >= 0.6 is 28.6 Å². The molecular formula is C20H21BrClNO2. The number of Topliss-reactive ketones (excluding diaryl/α,β-unsaturated/α-hetero) is 1. The molecule has 0 N–H and O–H groups in total. The third-order valence-corrected chi connectivity index (χ3v) is 5.64. The average molecular weight is 423 g/mol. The lowest BCUT2D eigenvalue weighted by molar-refractivity contribution is 0.0778. The van der Waals surface area contributed by atoms with Crippen molar-refractivity contribution in [3.63, 3.8) is 0 Å². The van der Waals surface area contributed by atoms with Gasteiger partial charge in [0.15, 0.2) is 5.78 Å². The molecule has 5 heteroatoms. The fourth-order valence-electron chi connectivity index (χ4n) is 3.97. The summed E-state index contributed by atoms with van der Waals surface area (Å²) in [7, 11) is 0. The Kier molecular flexibility index (Phi) is 5.24. The maximum Gasteiger partial charge on any atom is 0.177 e. The summed E-state index contributed by atoms with van der Waals surface area (Å²) < 4.78 is 6.12. The highest BCUT2D eigenvalue weighted by Gasteiger charge is 2.47. The summed E-state index contributed by atoms with van der Waals surface area (Å²) in [6, 6.07) is 13.3. The highest BCUT2D eigenvalue weighted by molar-refractivity contribution is 8.93. The zero-order valence-electron chi connectivity index (χ0n) is 14.1. The molecule has 0 amide bonds. The standard InChI is InChI=1S/C20H20ClNO2.BrH/c1-2-22-11-9-20(10-12-22)16-5-3-4-6-18(16)24-17-8-7-14(21)13-15(17)19(20)23;/h3-8,13H,2,9-12H2,1H3;1H. The summed E-state index contributed by atoms with van der Waals surface area (Å²) in [5.41, 5.74) is 1.10. The Morgan fingerprint density at radius 3 is 2.56 bits per heavy atom. The quantitative estimate of drug-likeness (QED) is 0.628. The lowest BCUT2D eigenvalue weighted by atomic mass is 9.68. The topological polar surface area (TPSA) is 29.5 Å². The maximum absolute atomic E-state index is 13.6. The normalized spacial score (nSPS) is 18.6. The SMILES string of the molecule is Br.CCN1CCC2(CC1)C(=O)c1cc(Cl)ccc1Oc1ccccc12. The van der Waals surface area contributed by atoms with E-state index in [-0.39, 0.29) is 22.8 Å². The summed E-state index contributed by atoms with van der Waals surface area (Å²) in [4.78, 5) is 16.0. The van der Waals surface area contributed by atoms with Gasteiger partial charge < -0.3 is 9.64 Å². The van der Waals surface area contributed by atoms with Gasteiger partial charge in [0.25, 0.3) is 0 Å². The summed E-state index contributed by atoms with van der Waals surface area (Å²) in [5, 5.41) is 0.567. The lowest BCUT2D eigenvalue weighted by Crippen LogP contribution is -2.47. The summed E-state index contributed by atoms with van der Waals surface area (Å²) in [6.07, 6.45) is 1.62. The maximum atomic E-state index is 13.6. The number of halogens is 2. The Balaban J connectivity index is 0.00000182. The molecule has 0 aromatic heterocycles. The number of para-hydroxylation sites is 1. The Bertz CT molecular complexity index is 800. The summed E-state index contributed by atoms with van der Waals surface area (Å²) >= 11 is 6.16. The van der Waals surface area contributed by atoms with Crippen LogP contribution in [0.2, 0.25) is 5.02 Å². The molecule has 2 aliphatic heterocycles. The van der Waals surface area contributed by atoms with E-state index >= 15 is 0 Å². The number of benzene rings is 2. The lowest BCUT2D eigenvalue weighted by Gasteiger charge is -2.40. The van der Waals surface area contributed by atoms with Gasteiger partial charge in [0.05, 0.1) is 11.0 Å². The summed E-state index contributed by atoms with van der Waals surface area (Å²) in [6.45, 7) is 5.03. The predicted octanol–water partition coefficient (Wildman–Crippen LogP) is 5.26. The minimum Gasteiger partial charge on any atom is -0.456 e. The van der Waals surface area contributed by atoms with Crippen molar-refractivity contribution in [2.24, 2.45) is 0 Å². The number of ether oxygens (including phenoxy) is 1. The fourth-order valence-corrected chi connectivity index (χ4v) is 4.14. The number of piperidine rings is 1. The number of hydrogen-bond donors (Lipinski definition) is 0. The van der Waals surface area contributed by atoms with Crippen molar-refractivity contribution in [3.05, 3.63) is 58.6 Å². The molecule has 3 nitrogen and oxygen atoms in total. The van der Waals surface area contributed by atoms with Crippen LogP contribution < -0.4 is 4.74 Å². The number of likely N-dealkylation sites (tertiary alicyclic amines) is 1. The second-order valence-electron chi connectivity index (χ2n) is 6.58. The van der Waals surface area contributed by atoms with E-state index in [0.29, 0.717) is 16.3 Å². The van der Waals surface area contributed by atoms with Crippen molar-refractivity contribution in [2.75, 3.05) is 19.6 Å². The van der Waals surface area contributed by atoms with Gasteiger partial charge in [-0.05, 0) is 56.7 Å². The molecule has 25 heavy (non-hydrogen) atoms. The number of nitrogens with zero attached hydrogens (tertiary/aromatic N) is 1. The first-order chi connectivity index (χ1) is 11.6. The molecule has 1 fully saturated rings. The first kappa shape index (κ1) is 18.4. The number of fused-ring (bicyclic) bond motifs is 3. The Morgan fingerprint density at radius 2 is 1.84 bits per heavy atom. The molecule has 0 radical (unpaired) electrons. The molecule has 4 rings (SSSR count). The van der Waals surface area contributed by atoms with Gasteiger partial charge in [-0.3, -0.25) is 4.79 Å². The van der Waals surface area contributed by atoms with Crippen LogP contribution in [0.3, 0.4) is 0 Å². The minimum atomic E-state index is -0.516. The highest BCUT2D eigenvalue weighted by Crippen LogP contribution is 2.48. The first-order valence-corrected chi connectivity index (χ1v) is 8.86. The Morgan fingerprint density at radius 1 is 1.12 bits per heavy atom. The van der Waals surface area contributed by atoms with Gasteiger partial charge in [0.1, 0.15) is 11.5 Å². The first-order valence-electron chi connectivity index (χ1n) is 8.48.